The molecule has 1 aromatic carbocycles. The van der Waals surface area contributed by atoms with E-state index in [2.05, 4.69) is 58.9 Å². The molecule has 1 aliphatic rings. The lowest BCUT2D eigenvalue weighted by molar-refractivity contribution is 0.111. The summed E-state index contributed by atoms with van der Waals surface area (Å²) in [5.74, 6) is 0. The maximum Gasteiger partial charge on any atom is 0.0234 e. The van der Waals surface area contributed by atoms with Gasteiger partial charge in [-0.2, -0.15) is 0 Å². The Kier molecular flexibility index (Phi) is 3.70. The number of rotatable bonds is 2. The molecular formula is C14H20BrN. The van der Waals surface area contributed by atoms with Crippen molar-refractivity contribution in [3.05, 3.63) is 34.3 Å². The van der Waals surface area contributed by atoms with Gasteiger partial charge in [0.2, 0.25) is 0 Å². The highest BCUT2D eigenvalue weighted by atomic mass is 79.9. The zero-order valence-electron chi connectivity index (χ0n) is 10.2. The quantitative estimate of drug-likeness (QED) is 0.790. The average molecular weight is 282 g/mol. The van der Waals surface area contributed by atoms with Crippen molar-refractivity contribution in [3.63, 3.8) is 0 Å². The Balaban J connectivity index is 1.99. The molecule has 1 fully saturated rings. The molecule has 0 aromatic heterocycles. The van der Waals surface area contributed by atoms with Crippen LogP contribution >= 0.6 is 15.9 Å². The molecule has 1 heterocycles. The van der Waals surface area contributed by atoms with E-state index in [1.165, 1.54) is 36.0 Å². The fraction of sp³-hybridized carbons (Fsp3) is 0.571. The Morgan fingerprint density at radius 1 is 1.38 bits per heavy atom. The Hall–Kier alpha value is -0.340. The van der Waals surface area contributed by atoms with Gasteiger partial charge in [-0.15, -0.1) is 0 Å². The van der Waals surface area contributed by atoms with Crippen molar-refractivity contribution in [2.75, 3.05) is 13.1 Å². The minimum absolute atomic E-state index is 0.490. The van der Waals surface area contributed by atoms with E-state index in [0.717, 1.165) is 6.54 Å². The molecule has 0 radical (unpaired) electrons. The topological polar surface area (TPSA) is 3.24 Å². The van der Waals surface area contributed by atoms with Gasteiger partial charge in [0.05, 0.1) is 0 Å². The number of hydrogen-bond donors (Lipinski definition) is 0. The number of nitrogens with zero attached hydrogens (tertiary/aromatic N) is 1. The highest BCUT2D eigenvalue weighted by Crippen LogP contribution is 2.29. The first-order valence-corrected chi connectivity index (χ1v) is 6.81. The molecule has 0 atom stereocenters. The SMILES string of the molecule is CC1(C)CCCN(Cc2cccc(Br)c2)C1. The molecule has 0 N–H and O–H groups in total. The first kappa shape index (κ1) is 12.1. The third-order valence-electron chi connectivity index (χ3n) is 3.27. The minimum Gasteiger partial charge on any atom is -0.299 e. The second kappa shape index (κ2) is 4.89. The van der Waals surface area contributed by atoms with Crippen molar-refractivity contribution in [2.45, 2.75) is 33.2 Å². The Labute approximate surface area is 107 Å². The van der Waals surface area contributed by atoms with Crippen LogP contribution in [0.5, 0.6) is 0 Å². The van der Waals surface area contributed by atoms with Crippen LogP contribution in [0.1, 0.15) is 32.3 Å². The molecule has 0 amide bonds. The van der Waals surface area contributed by atoms with E-state index in [1.54, 1.807) is 0 Å². The first-order chi connectivity index (χ1) is 7.55. The fourth-order valence-electron chi connectivity index (χ4n) is 2.57. The van der Waals surface area contributed by atoms with Gasteiger partial charge >= 0.3 is 0 Å². The Morgan fingerprint density at radius 3 is 2.88 bits per heavy atom. The standard InChI is InChI=1S/C14H20BrN/c1-14(2)7-4-8-16(11-14)10-12-5-3-6-13(15)9-12/h3,5-6,9H,4,7-8,10-11H2,1-2H3. The molecule has 0 spiro atoms. The number of piperidine rings is 1. The summed E-state index contributed by atoms with van der Waals surface area (Å²) in [4.78, 5) is 2.57. The van der Waals surface area contributed by atoms with Crippen molar-refractivity contribution in [1.82, 2.24) is 4.90 Å². The molecule has 1 saturated heterocycles. The molecule has 2 heteroatoms. The molecule has 2 rings (SSSR count). The van der Waals surface area contributed by atoms with Crippen LogP contribution in [-0.2, 0) is 6.54 Å². The van der Waals surface area contributed by atoms with Crippen molar-refractivity contribution < 1.29 is 0 Å². The molecule has 88 valence electrons. The summed E-state index contributed by atoms with van der Waals surface area (Å²) in [5.41, 5.74) is 1.90. The number of hydrogen-bond acceptors (Lipinski definition) is 1. The van der Waals surface area contributed by atoms with Gasteiger partial charge in [0, 0.05) is 17.6 Å². The molecule has 16 heavy (non-hydrogen) atoms. The summed E-state index contributed by atoms with van der Waals surface area (Å²) < 4.78 is 1.18. The summed E-state index contributed by atoms with van der Waals surface area (Å²) in [6, 6.07) is 8.64. The fourth-order valence-corrected chi connectivity index (χ4v) is 3.02. The van der Waals surface area contributed by atoms with E-state index in [9.17, 15) is 0 Å². The van der Waals surface area contributed by atoms with Crippen LogP contribution in [0.15, 0.2) is 28.7 Å². The Morgan fingerprint density at radius 2 is 2.19 bits per heavy atom. The van der Waals surface area contributed by atoms with Crippen LogP contribution in [0.25, 0.3) is 0 Å². The maximum absolute atomic E-state index is 3.53. The number of likely N-dealkylation sites (tertiary alicyclic amines) is 1. The van der Waals surface area contributed by atoms with E-state index >= 15 is 0 Å². The van der Waals surface area contributed by atoms with Gasteiger partial charge in [-0.3, -0.25) is 4.90 Å². The van der Waals surface area contributed by atoms with Gasteiger partial charge in [0.25, 0.3) is 0 Å². The molecule has 1 aromatic rings. The number of halogens is 1. The van der Waals surface area contributed by atoms with E-state index < -0.39 is 0 Å². The van der Waals surface area contributed by atoms with Crippen LogP contribution in [0.2, 0.25) is 0 Å². The van der Waals surface area contributed by atoms with Gasteiger partial charge in [0.15, 0.2) is 0 Å². The minimum atomic E-state index is 0.490. The summed E-state index contributed by atoms with van der Waals surface area (Å²) in [6.07, 6.45) is 2.70. The second-order valence-corrected chi connectivity index (χ2v) is 6.52. The molecule has 0 bridgehead atoms. The summed E-state index contributed by atoms with van der Waals surface area (Å²) >= 11 is 3.53. The van der Waals surface area contributed by atoms with Crippen LogP contribution < -0.4 is 0 Å². The van der Waals surface area contributed by atoms with Crippen LogP contribution in [-0.4, -0.2) is 18.0 Å². The van der Waals surface area contributed by atoms with Crippen LogP contribution in [0.3, 0.4) is 0 Å². The Bertz CT molecular complexity index is 360. The number of benzene rings is 1. The zero-order valence-corrected chi connectivity index (χ0v) is 11.8. The summed E-state index contributed by atoms with van der Waals surface area (Å²) in [6.45, 7) is 8.30. The highest BCUT2D eigenvalue weighted by molar-refractivity contribution is 9.10. The van der Waals surface area contributed by atoms with Crippen LogP contribution in [0.4, 0.5) is 0 Å². The zero-order chi connectivity index (χ0) is 11.6. The van der Waals surface area contributed by atoms with Crippen molar-refractivity contribution in [1.29, 1.82) is 0 Å². The van der Waals surface area contributed by atoms with E-state index in [-0.39, 0.29) is 0 Å². The maximum atomic E-state index is 3.53. The molecule has 1 aliphatic heterocycles. The predicted octanol–water partition coefficient (Wildman–Crippen LogP) is 4.07. The largest absolute Gasteiger partial charge is 0.299 e. The normalized spacial score (nSPS) is 20.9. The van der Waals surface area contributed by atoms with Gasteiger partial charge in [-0.25, -0.2) is 0 Å². The first-order valence-electron chi connectivity index (χ1n) is 6.02. The van der Waals surface area contributed by atoms with E-state index in [4.69, 9.17) is 0 Å². The van der Waals surface area contributed by atoms with Crippen molar-refractivity contribution in [2.24, 2.45) is 5.41 Å². The lowest BCUT2D eigenvalue weighted by atomic mass is 9.84. The van der Waals surface area contributed by atoms with Crippen molar-refractivity contribution >= 4 is 15.9 Å². The lowest BCUT2D eigenvalue weighted by Crippen LogP contribution is -2.39. The molecule has 0 unspecified atom stereocenters. The molecule has 0 aliphatic carbocycles. The molecule has 1 nitrogen and oxygen atoms in total. The van der Waals surface area contributed by atoms with Crippen LogP contribution in [0, 0.1) is 5.41 Å². The third-order valence-corrected chi connectivity index (χ3v) is 3.77. The van der Waals surface area contributed by atoms with Gasteiger partial charge in [-0.05, 0) is 42.5 Å². The smallest absolute Gasteiger partial charge is 0.0234 e. The van der Waals surface area contributed by atoms with Gasteiger partial charge in [0.1, 0.15) is 0 Å². The predicted molar refractivity (Wildman–Crippen MR) is 72.4 cm³/mol. The second-order valence-electron chi connectivity index (χ2n) is 5.61. The highest BCUT2D eigenvalue weighted by Gasteiger charge is 2.25. The summed E-state index contributed by atoms with van der Waals surface area (Å²) in [5, 5.41) is 0. The van der Waals surface area contributed by atoms with Gasteiger partial charge in [-0.1, -0.05) is 41.9 Å². The van der Waals surface area contributed by atoms with E-state index in [1.807, 2.05) is 0 Å². The summed E-state index contributed by atoms with van der Waals surface area (Å²) in [7, 11) is 0. The van der Waals surface area contributed by atoms with Gasteiger partial charge < -0.3 is 0 Å². The van der Waals surface area contributed by atoms with Crippen molar-refractivity contribution in [3.8, 4) is 0 Å². The monoisotopic (exact) mass is 281 g/mol. The van der Waals surface area contributed by atoms with E-state index in [0.29, 0.717) is 5.41 Å². The third kappa shape index (κ3) is 3.33. The average Bonchev–Trinajstić information content (AvgIpc) is 2.15. The molecular weight excluding hydrogens is 262 g/mol. The molecule has 0 saturated carbocycles. The lowest BCUT2D eigenvalue weighted by Gasteiger charge is -2.38.